The molecule has 9 nitrogen and oxygen atoms in total. The lowest BCUT2D eigenvalue weighted by Gasteiger charge is -2.10. The Labute approximate surface area is 257 Å². The van der Waals surface area contributed by atoms with Crippen LogP contribution in [0, 0.1) is 13.8 Å². The molecule has 0 radical (unpaired) electrons. The van der Waals surface area contributed by atoms with Crippen LogP contribution in [0.5, 0.6) is 0 Å². The van der Waals surface area contributed by atoms with Gasteiger partial charge < -0.3 is 24.8 Å². The van der Waals surface area contributed by atoms with Crippen molar-refractivity contribution >= 4 is 56.4 Å². The van der Waals surface area contributed by atoms with Crippen LogP contribution in [0.2, 0.25) is 0 Å². The number of esters is 2. The predicted octanol–water partition coefficient (Wildman–Crippen LogP) is 6.71. The van der Waals surface area contributed by atoms with Gasteiger partial charge in [0.25, 0.3) is 11.8 Å². The third-order valence-electron chi connectivity index (χ3n) is 6.24. The summed E-state index contributed by atoms with van der Waals surface area (Å²) < 4.78 is 15.8. The smallest absolute Gasteiger partial charge is 0.341 e. The number of benzene rings is 2. The lowest BCUT2D eigenvalue weighted by molar-refractivity contribution is -0.125. The second-order valence-electron chi connectivity index (χ2n) is 9.47. The molecule has 2 aromatic heterocycles. The van der Waals surface area contributed by atoms with Gasteiger partial charge in [-0.3, -0.25) is 9.59 Å². The Hall–Kier alpha value is -4.32. The lowest BCUT2D eigenvalue weighted by Crippen LogP contribution is -2.24. The van der Waals surface area contributed by atoms with E-state index >= 15 is 0 Å². The van der Waals surface area contributed by atoms with Gasteiger partial charge in [0.1, 0.15) is 34.3 Å². The van der Waals surface area contributed by atoms with Gasteiger partial charge in [0.05, 0.1) is 13.2 Å². The van der Waals surface area contributed by atoms with Crippen molar-refractivity contribution in [3.05, 3.63) is 81.5 Å². The van der Waals surface area contributed by atoms with E-state index in [1.807, 2.05) is 62.4 Å². The van der Waals surface area contributed by atoms with Crippen LogP contribution in [0.25, 0.3) is 22.3 Å². The van der Waals surface area contributed by atoms with Gasteiger partial charge in [0.2, 0.25) is 0 Å². The maximum atomic E-state index is 12.8. The van der Waals surface area contributed by atoms with Crippen LogP contribution >= 0.6 is 22.7 Å². The number of rotatable bonds is 12. The quantitative estimate of drug-likeness (QED) is 0.169. The Kier molecular flexibility index (Phi) is 10.8. The molecule has 0 fully saturated rings. The summed E-state index contributed by atoms with van der Waals surface area (Å²) in [4.78, 5) is 51.0. The minimum absolute atomic E-state index is 0.183. The molecule has 43 heavy (non-hydrogen) atoms. The number of hydrogen-bond acceptors (Lipinski definition) is 9. The standard InChI is InChI=1S/C32H32N2O7S2/c1-5-40-31(37)27-23(21-11-7-19(3)8-12-21)17-42-29(27)33-25(35)15-39-16-26(36)34-30-28(32(38)41-6-2)24(18-43-30)22-13-9-20(4)10-14-22/h7-14,17-18H,5-6,15-16H2,1-4H3,(H,33,35)(H,34,36). The number of aryl methyl sites for hydroxylation is 2. The van der Waals surface area contributed by atoms with Gasteiger partial charge in [-0.2, -0.15) is 0 Å². The molecule has 2 N–H and O–H groups in total. The Morgan fingerprint density at radius 3 is 1.35 bits per heavy atom. The first kappa shape index (κ1) is 31.6. The number of amides is 2. The second-order valence-corrected chi connectivity index (χ2v) is 11.2. The fourth-order valence-corrected chi connectivity index (χ4v) is 6.11. The van der Waals surface area contributed by atoms with E-state index in [0.717, 1.165) is 22.3 Å². The van der Waals surface area contributed by atoms with Crippen molar-refractivity contribution in [1.82, 2.24) is 0 Å². The Morgan fingerprint density at radius 1 is 0.628 bits per heavy atom. The minimum atomic E-state index is -0.548. The zero-order valence-corrected chi connectivity index (χ0v) is 25.9. The van der Waals surface area contributed by atoms with Crippen molar-refractivity contribution in [3.63, 3.8) is 0 Å². The zero-order valence-electron chi connectivity index (χ0n) is 24.3. The molecule has 0 saturated carbocycles. The van der Waals surface area contributed by atoms with Gasteiger partial charge >= 0.3 is 11.9 Å². The molecule has 0 unspecified atom stereocenters. The van der Waals surface area contributed by atoms with Gasteiger partial charge in [-0.05, 0) is 38.8 Å². The van der Waals surface area contributed by atoms with E-state index in [1.54, 1.807) is 24.6 Å². The van der Waals surface area contributed by atoms with Gasteiger partial charge in [-0.1, -0.05) is 59.7 Å². The molecule has 0 atom stereocenters. The molecule has 0 spiro atoms. The van der Waals surface area contributed by atoms with E-state index < -0.39 is 37.0 Å². The summed E-state index contributed by atoms with van der Waals surface area (Å²) in [6, 6.07) is 15.4. The highest BCUT2D eigenvalue weighted by molar-refractivity contribution is 7.15. The van der Waals surface area contributed by atoms with Gasteiger partial charge in [-0.15, -0.1) is 22.7 Å². The molecule has 0 bridgehead atoms. The van der Waals surface area contributed by atoms with Crippen LogP contribution in [0.3, 0.4) is 0 Å². The average Bonchev–Trinajstić information content (AvgIpc) is 3.58. The fourth-order valence-electron chi connectivity index (χ4n) is 4.16. The summed E-state index contributed by atoms with van der Waals surface area (Å²) in [5.74, 6) is -2.18. The molecule has 2 heterocycles. The number of carbonyl (C=O) groups is 4. The van der Waals surface area contributed by atoms with Crippen LogP contribution in [0.4, 0.5) is 10.0 Å². The van der Waals surface area contributed by atoms with Crippen LogP contribution in [0.15, 0.2) is 59.3 Å². The molecule has 4 aromatic rings. The van der Waals surface area contributed by atoms with E-state index in [1.165, 1.54) is 22.7 Å². The van der Waals surface area contributed by atoms with Crippen LogP contribution in [-0.4, -0.2) is 50.2 Å². The zero-order chi connectivity index (χ0) is 30.9. The summed E-state index contributed by atoms with van der Waals surface area (Å²) in [6.07, 6.45) is 0. The molecular weight excluding hydrogens is 588 g/mol. The molecule has 2 aromatic carbocycles. The third kappa shape index (κ3) is 7.95. The Bertz CT molecular complexity index is 1490. The summed E-state index contributed by atoms with van der Waals surface area (Å²) in [7, 11) is 0. The van der Waals surface area contributed by atoms with Crippen molar-refractivity contribution < 1.29 is 33.4 Å². The highest BCUT2D eigenvalue weighted by Crippen LogP contribution is 2.37. The SMILES string of the molecule is CCOC(=O)c1c(-c2ccc(C)cc2)csc1NC(=O)COCC(=O)Nc1scc(-c2ccc(C)cc2)c1C(=O)OCC. The molecule has 0 aliphatic carbocycles. The maximum Gasteiger partial charge on any atom is 0.341 e. The van der Waals surface area contributed by atoms with Crippen LogP contribution < -0.4 is 10.6 Å². The second kappa shape index (κ2) is 14.7. The van der Waals surface area contributed by atoms with Crippen LogP contribution in [0.1, 0.15) is 45.7 Å². The van der Waals surface area contributed by atoms with Crippen LogP contribution in [-0.2, 0) is 23.8 Å². The van der Waals surface area contributed by atoms with Crippen molar-refractivity contribution in [3.8, 4) is 22.3 Å². The lowest BCUT2D eigenvalue weighted by atomic mass is 10.0. The topological polar surface area (TPSA) is 120 Å². The average molecular weight is 621 g/mol. The van der Waals surface area contributed by atoms with E-state index in [0.29, 0.717) is 21.1 Å². The molecule has 0 aliphatic heterocycles. The summed E-state index contributed by atoms with van der Waals surface area (Å²) in [5, 5.41) is 9.63. The predicted molar refractivity (Wildman–Crippen MR) is 169 cm³/mol. The van der Waals surface area contributed by atoms with E-state index in [4.69, 9.17) is 14.2 Å². The minimum Gasteiger partial charge on any atom is -0.462 e. The first-order valence-corrected chi connectivity index (χ1v) is 15.4. The Balaban J connectivity index is 1.40. The van der Waals surface area contributed by atoms with Gasteiger partial charge in [-0.25, -0.2) is 9.59 Å². The number of ether oxygens (including phenoxy) is 3. The fraction of sp³-hybridized carbons (Fsp3) is 0.250. The normalized spacial score (nSPS) is 10.7. The maximum absolute atomic E-state index is 12.8. The van der Waals surface area contributed by atoms with E-state index in [-0.39, 0.29) is 24.3 Å². The number of thiophene rings is 2. The largest absolute Gasteiger partial charge is 0.462 e. The molecule has 11 heteroatoms. The van der Waals surface area contributed by atoms with Crippen molar-refractivity contribution in [2.75, 3.05) is 37.1 Å². The molecule has 0 aliphatic rings. The first-order valence-electron chi connectivity index (χ1n) is 13.6. The summed E-state index contributed by atoms with van der Waals surface area (Å²) in [5.41, 5.74) is 5.61. The van der Waals surface area contributed by atoms with E-state index in [2.05, 4.69) is 10.6 Å². The summed E-state index contributed by atoms with van der Waals surface area (Å²) >= 11 is 2.40. The molecule has 4 rings (SSSR count). The summed E-state index contributed by atoms with van der Waals surface area (Å²) in [6.45, 7) is 6.86. The number of nitrogens with one attached hydrogen (secondary N) is 2. The third-order valence-corrected chi connectivity index (χ3v) is 8.03. The Morgan fingerprint density at radius 2 is 1.00 bits per heavy atom. The van der Waals surface area contributed by atoms with Gasteiger partial charge in [0.15, 0.2) is 0 Å². The monoisotopic (exact) mass is 620 g/mol. The van der Waals surface area contributed by atoms with Gasteiger partial charge in [0, 0.05) is 21.9 Å². The number of carbonyl (C=O) groups excluding carboxylic acids is 4. The molecule has 224 valence electrons. The number of hydrogen-bond donors (Lipinski definition) is 2. The van der Waals surface area contributed by atoms with Crippen molar-refractivity contribution in [2.24, 2.45) is 0 Å². The highest BCUT2D eigenvalue weighted by atomic mass is 32.1. The first-order chi connectivity index (χ1) is 20.7. The van der Waals surface area contributed by atoms with Crippen molar-refractivity contribution in [2.45, 2.75) is 27.7 Å². The molecule has 2 amide bonds. The van der Waals surface area contributed by atoms with Crippen molar-refractivity contribution in [1.29, 1.82) is 0 Å². The molecule has 0 saturated heterocycles. The highest BCUT2D eigenvalue weighted by Gasteiger charge is 2.24. The number of anilines is 2. The molecular formula is C32H32N2O7S2. The van der Waals surface area contributed by atoms with E-state index in [9.17, 15) is 19.2 Å².